The molecular weight excluding hydrogens is 364 g/mol. The van der Waals surface area contributed by atoms with Crippen molar-refractivity contribution < 1.29 is 9.53 Å². The van der Waals surface area contributed by atoms with Gasteiger partial charge in [-0.3, -0.25) is 4.79 Å². The number of nitrogens with one attached hydrogen (secondary N) is 1. The highest BCUT2D eigenvalue weighted by molar-refractivity contribution is 6.29. The monoisotopic (exact) mass is 384 g/mol. The lowest BCUT2D eigenvalue weighted by molar-refractivity contribution is 0.0951. The summed E-state index contributed by atoms with van der Waals surface area (Å²) in [7, 11) is 0. The number of ether oxygens (including phenoxy) is 1. The molecule has 0 bridgehead atoms. The first-order valence-electron chi connectivity index (χ1n) is 8.58. The van der Waals surface area contributed by atoms with Gasteiger partial charge in [-0.1, -0.05) is 29.8 Å². The molecule has 1 amide bonds. The Kier molecular flexibility index (Phi) is 5.98. The van der Waals surface area contributed by atoms with Crippen LogP contribution in [0.25, 0.3) is 0 Å². The minimum atomic E-state index is -0.298. The number of nitrogens with two attached hydrogens (primary N) is 2. The molecule has 1 aliphatic carbocycles. The average Bonchev–Trinajstić information content (AvgIpc) is 2.65. The van der Waals surface area contributed by atoms with E-state index in [0.717, 1.165) is 34.8 Å². The molecule has 0 fully saturated rings. The van der Waals surface area contributed by atoms with Gasteiger partial charge in [-0.2, -0.15) is 0 Å². The molecular formula is C20H21ClN4O2. The van der Waals surface area contributed by atoms with Crippen molar-refractivity contribution in [1.29, 1.82) is 0 Å². The minimum absolute atomic E-state index is 0.113. The van der Waals surface area contributed by atoms with E-state index in [0.29, 0.717) is 18.7 Å². The summed E-state index contributed by atoms with van der Waals surface area (Å²) in [6.45, 7) is 0.849. The van der Waals surface area contributed by atoms with Gasteiger partial charge in [-0.25, -0.2) is 4.98 Å². The number of benzene rings is 1. The zero-order chi connectivity index (χ0) is 19.2. The fourth-order valence-electron chi connectivity index (χ4n) is 2.66. The third kappa shape index (κ3) is 5.24. The van der Waals surface area contributed by atoms with Crippen molar-refractivity contribution in [1.82, 2.24) is 10.3 Å². The fourth-order valence-corrected chi connectivity index (χ4v) is 2.91. The Morgan fingerprint density at radius 1 is 1.19 bits per heavy atom. The molecule has 0 aliphatic heterocycles. The van der Waals surface area contributed by atoms with E-state index in [-0.39, 0.29) is 17.5 Å². The molecule has 1 aliphatic rings. The molecule has 5 N–H and O–H groups in total. The Bertz CT molecular complexity index is 891. The van der Waals surface area contributed by atoms with Crippen LogP contribution in [0.15, 0.2) is 59.2 Å². The van der Waals surface area contributed by atoms with Gasteiger partial charge in [-0.05, 0) is 54.3 Å². The molecule has 0 atom stereocenters. The maximum atomic E-state index is 12.2. The number of carbonyl (C=O) groups excluding carboxylic acids is 1. The third-order valence-electron chi connectivity index (χ3n) is 4.10. The Labute approximate surface area is 162 Å². The van der Waals surface area contributed by atoms with E-state index in [4.69, 9.17) is 27.8 Å². The molecule has 0 radical (unpaired) electrons. The summed E-state index contributed by atoms with van der Waals surface area (Å²) < 4.78 is 5.78. The Balaban J connectivity index is 1.51. The highest BCUT2D eigenvalue weighted by Gasteiger charge is 2.11. The van der Waals surface area contributed by atoms with Gasteiger partial charge in [0.2, 0.25) is 0 Å². The Morgan fingerprint density at radius 3 is 2.67 bits per heavy atom. The number of aromatic nitrogens is 1. The molecule has 1 heterocycles. The summed E-state index contributed by atoms with van der Waals surface area (Å²) >= 11 is 6.05. The highest BCUT2D eigenvalue weighted by Crippen LogP contribution is 2.21. The molecule has 2 aromatic rings. The molecule has 27 heavy (non-hydrogen) atoms. The van der Waals surface area contributed by atoms with Crippen LogP contribution in [-0.2, 0) is 6.54 Å². The zero-order valence-electron chi connectivity index (χ0n) is 14.7. The van der Waals surface area contributed by atoms with Crippen molar-refractivity contribution in [3.63, 3.8) is 0 Å². The molecule has 0 unspecified atom stereocenters. The standard InChI is InChI=1S/C20H21ClN4O2/c21-15-3-1-2-14(10-15)12-27-16-6-4-13(5-7-16)11-24-20(26)17-8-9-18(22)25-19(17)23/h2,4-10H,1,3,11-12H2,(H,24,26)(H4,22,23,25). The zero-order valence-corrected chi connectivity index (χ0v) is 15.5. The topological polar surface area (TPSA) is 103 Å². The second-order valence-electron chi connectivity index (χ2n) is 6.19. The maximum absolute atomic E-state index is 12.2. The number of nitrogen functional groups attached to an aromatic ring is 2. The highest BCUT2D eigenvalue weighted by atomic mass is 35.5. The van der Waals surface area contributed by atoms with E-state index in [9.17, 15) is 4.79 Å². The number of nitrogens with zero attached hydrogens (tertiary/aromatic N) is 1. The predicted octanol–water partition coefficient (Wildman–Crippen LogP) is 3.40. The minimum Gasteiger partial charge on any atom is -0.489 e. The van der Waals surface area contributed by atoms with Crippen LogP contribution in [0.3, 0.4) is 0 Å². The van der Waals surface area contributed by atoms with Gasteiger partial charge in [0.1, 0.15) is 24.0 Å². The molecule has 140 valence electrons. The van der Waals surface area contributed by atoms with Crippen LogP contribution in [0.4, 0.5) is 11.6 Å². The van der Waals surface area contributed by atoms with E-state index in [1.165, 1.54) is 0 Å². The van der Waals surface area contributed by atoms with Crippen molar-refractivity contribution in [2.75, 3.05) is 18.1 Å². The van der Waals surface area contributed by atoms with Gasteiger partial charge in [-0.15, -0.1) is 0 Å². The first-order chi connectivity index (χ1) is 13.0. The number of hydrogen-bond donors (Lipinski definition) is 3. The van der Waals surface area contributed by atoms with Crippen LogP contribution in [0.2, 0.25) is 0 Å². The number of carbonyl (C=O) groups is 1. The van der Waals surface area contributed by atoms with Gasteiger partial charge < -0.3 is 21.5 Å². The number of allylic oxidation sites excluding steroid dienone is 2. The fraction of sp³-hybridized carbons (Fsp3) is 0.200. The normalized spacial score (nSPS) is 13.5. The van der Waals surface area contributed by atoms with Crippen molar-refractivity contribution >= 4 is 29.1 Å². The lowest BCUT2D eigenvalue weighted by Gasteiger charge is -2.12. The third-order valence-corrected chi connectivity index (χ3v) is 4.40. The van der Waals surface area contributed by atoms with Crippen LogP contribution < -0.4 is 21.5 Å². The number of hydrogen-bond acceptors (Lipinski definition) is 5. The molecule has 0 saturated carbocycles. The summed E-state index contributed by atoms with van der Waals surface area (Å²) in [6.07, 6.45) is 5.92. The lowest BCUT2D eigenvalue weighted by Crippen LogP contribution is -2.24. The van der Waals surface area contributed by atoms with Crippen LogP contribution >= 0.6 is 11.6 Å². The molecule has 3 rings (SSSR count). The van der Waals surface area contributed by atoms with Crippen LogP contribution in [0, 0.1) is 0 Å². The largest absolute Gasteiger partial charge is 0.489 e. The maximum Gasteiger partial charge on any atom is 0.255 e. The van der Waals surface area contributed by atoms with Gasteiger partial charge in [0, 0.05) is 11.6 Å². The first-order valence-corrected chi connectivity index (χ1v) is 8.96. The Hall–Kier alpha value is -2.99. The van der Waals surface area contributed by atoms with Crippen molar-refractivity contribution in [3.05, 3.63) is 70.3 Å². The van der Waals surface area contributed by atoms with Crippen LogP contribution in [0.5, 0.6) is 5.75 Å². The van der Waals surface area contributed by atoms with E-state index >= 15 is 0 Å². The van der Waals surface area contributed by atoms with Gasteiger partial charge in [0.15, 0.2) is 0 Å². The van der Waals surface area contributed by atoms with Gasteiger partial charge in [0.05, 0.1) is 5.56 Å². The smallest absolute Gasteiger partial charge is 0.255 e. The molecule has 1 aromatic carbocycles. The van der Waals surface area contributed by atoms with Crippen LogP contribution in [-0.4, -0.2) is 17.5 Å². The molecule has 6 nitrogen and oxygen atoms in total. The molecule has 0 spiro atoms. The summed E-state index contributed by atoms with van der Waals surface area (Å²) in [5.74, 6) is 0.852. The average molecular weight is 385 g/mol. The van der Waals surface area contributed by atoms with Crippen LogP contribution in [0.1, 0.15) is 28.8 Å². The molecule has 0 saturated heterocycles. The predicted molar refractivity (Wildman–Crippen MR) is 107 cm³/mol. The van der Waals surface area contributed by atoms with Crippen molar-refractivity contribution in [2.24, 2.45) is 0 Å². The van der Waals surface area contributed by atoms with E-state index in [1.54, 1.807) is 12.1 Å². The summed E-state index contributed by atoms with van der Waals surface area (Å²) in [6, 6.07) is 10.6. The summed E-state index contributed by atoms with van der Waals surface area (Å²) in [5, 5.41) is 3.67. The lowest BCUT2D eigenvalue weighted by atomic mass is 10.1. The number of amides is 1. The van der Waals surface area contributed by atoms with E-state index in [1.807, 2.05) is 30.3 Å². The summed E-state index contributed by atoms with van der Waals surface area (Å²) in [4.78, 5) is 16.1. The van der Waals surface area contributed by atoms with Crippen molar-refractivity contribution in [3.8, 4) is 5.75 Å². The number of halogens is 1. The van der Waals surface area contributed by atoms with Crippen molar-refractivity contribution in [2.45, 2.75) is 19.4 Å². The SMILES string of the molecule is Nc1ccc(C(=O)NCc2ccc(OCC3=CCCC(Cl)=C3)cc2)c(N)n1. The molecule has 1 aromatic heterocycles. The quantitative estimate of drug-likeness (QED) is 0.708. The van der Waals surface area contributed by atoms with Gasteiger partial charge >= 0.3 is 0 Å². The van der Waals surface area contributed by atoms with E-state index < -0.39 is 0 Å². The second kappa shape index (κ2) is 8.60. The molecule has 7 heteroatoms. The first kappa shape index (κ1) is 18.8. The summed E-state index contributed by atoms with van der Waals surface area (Å²) in [5.41, 5.74) is 13.6. The van der Waals surface area contributed by atoms with E-state index in [2.05, 4.69) is 16.4 Å². The number of pyridine rings is 1. The number of anilines is 2. The number of rotatable bonds is 6. The Morgan fingerprint density at radius 2 is 1.96 bits per heavy atom. The van der Waals surface area contributed by atoms with Gasteiger partial charge in [0.25, 0.3) is 5.91 Å². The second-order valence-corrected chi connectivity index (χ2v) is 6.68.